The standard InChI is InChI=1S/C16H25FN2.ClH/c1-3-6-13(2)16(19-11-9-18-10-12-19)14-7-4-5-8-15(14)17;/h4-5,7-8,13,16,18H,3,6,9-12H2,1-2H3;1H/t13?,16-;/m0./s1. The quantitative estimate of drug-likeness (QED) is 0.893. The Morgan fingerprint density at radius 3 is 2.50 bits per heavy atom. The number of nitrogens with one attached hydrogen (secondary N) is 1. The van der Waals surface area contributed by atoms with Gasteiger partial charge in [-0.05, 0) is 18.4 Å². The zero-order valence-electron chi connectivity index (χ0n) is 12.4. The van der Waals surface area contributed by atoms with Crippen molar-refractivity contribution < 1.29 is 4.39 Å². The summed E-state index contributed by atoms with van der Waals surface area (Å²) in [6.07, 6.45) is 2.29. The Hall–Kier alpha value is -0.640. The summed E-state index contributed by atoms with van der Waals surface area (Å²) in [6.45, 7) is 8.48. The molecule has 1 aliphatic rings. The zero-order valence-corrected chi connectivity index (χ0v) is 13.3. The van der Waals surface area contributed by atoms with Crippen molar-refractivity contribution in [3.63, 3.8) is 0 Å². The van der Waals surface area contributed by atoms with E-state index in [4.69, 9.17) is 0 Å². The molecule has 0 spiro atoms. The molecule has 1 heterocycles. The van der Waals surface area contributed by atoms with Gasteiger partial charge in [-0.1, -0.05) is 38.5 Å². The fraction of sp³-hybridized carbons (Fsp3) is 0.625. The minimum atomic E-state index is -0.0611. The smallest absolute Gasteiger partial charge is 0.127 e. The number of rotatable bonds is 5. The summed E-state index contributed by atoms with van der Waals surface area (Å²) in [6, 6.07) is 7.48. The van der Waals surface area contributed by atoms with Crippen molar-refractivity contribution in [2.75, 3.05) is 26.2 Å². The van der Waals surface area contributed by atoms with Gasteiger partial charge in [-0.3, -0.25) is 4.90 Å². The fourth-order valence-corrected chi connectivity index (χ4v) is 3.15. The normalized spacial score (nSPS) is 19.1. The van der Waals surface area contributed by atoms with Gasteiger partial charge >= 0.3 is 0 Å². The van der Waals surface area contributed by atoms with E-state index < -0.39 is 0 Å². The van der Waals surface area contributed by atoms with E-state index in [1.807, 2.05) is 12.1 Å². The van der Waals surface area contributed by atoms with Gasteiger partial charge in [-0.15, -0.1) is 12.4 Å². The predicted octanol–water partition coefficient (Wildman–Crippen LogP) is 3.63. The van der Waals surface area contributed by atoms with E-state index in [1.165, 1.54) is 0 Å². The monoisotopic (exact) mass is 300 g/mol. The van der Waals surface area contributed by atoms with Gasteiger partial charge < -0.3 is 5.32 Å². The van der Waals surface area contributed by atoms with Crippen LogP contribution >= 0.6 is 12.4 Å². The van der Waals surface area contributed by atoms with Gasteiger partial charge in [-0.25, -0.2) is 4.39 Å². The Balaban J connectivity index is 0.00000200. The van der Waals surface area contributed by atoms with E-state index in [0.29, 0.717) is 5.92 Å². The van der Waals surface area contributed by atoms with Crippen LogP contribution in [0.15, 0.2) is 24.3 Å². The number of piperazine rings is 1. The van der Waals surface area contributed by atoms with Gasteiger partial charge in [0.1, 0.15) is 5.82 Å². The van der Waals surface area contributed by atoms with Crippen LogP contribution in [0.2, 0.25) is 0 Å². The summed E-state index contributed by atoms with van der Waals surface area (Å²) in [5.74, 6) is 0.425. The van der Waals surface area contributed by atoms with E-state index >= 15 is 0 Å². The molecular weight excluding hydrogens is 275 g/mol. The zero-order chi connectivity index (χ0) is 13.7. The van der Waals surface area contributed by atoms with Crippen molar-refractivity contribution in [1.29, 1.82) is 0 Å². The maximum Gasteiger partial charge on any atom is 0.127 e. The van der Waals surface area contributed by atoms with Crippen LogP contribution in [0.1, 0.15) is 38.3 Å². The first-order valence-electron chi connectivity index (χ1n) is 7.43. The van der Waals surface area contributed by atoms with Crippen LogP contribution in [-0.4, -0.2) is 31.1 Å². The van der Waals surface area contributed by atoms with Gasteiger partial charge in [-0.2, -0.15) is 0 Å². The average molecular weight is 301 g/mol. The van der Waals surface area contributed by atoms with Crippen LogP contribution in [0, 0.1) is 11.7 Å². The molecule has 114 valence electrons. The summed E-state index contributed by atoms with van der Waals surface area (Å²) in [4.78, 5) is 2.44. The average Bonchev–Trinajstić information content (AvgIpc) is 2.43. The van der Waals surface area contributed by atoms with Gasteiger partial charge in [0.15, 0.2) is 0 Å². The van der Waals surface area contributed by atoms with E-state index in [-0.39, 0.29) is 24.3 Å². The van der Waals surface area contributed by atoms with E-state index in [1.54, 1.807) is 12.1 Å². The molecular formula is C16H26ClFN2. The Morgan fingerprint density at radius 1 is 1.25 bits per heavy atom. The Labute approximate surface area is 128 Å². The van der Waals surface area contributed by atoms with Gasteiger partial charge in [0.05, 0.1) is 0 Å². The van der Waals surface area contributed by atoms with E-state index in [2.05, 4.69) is 24.1 Å². The summed E-state index contributed by atoms with van der Waals surface area (Å²) in [5.41, 5.74) is 0.866. The van der Waals surface area contributed by atoms with E-state index in [9.17, 15) is 4.39 Å². The molecule has 4 heteroatoms. The molecule has 0 saturated carbocycles. The maximum absolute atomic E-state index is 14.2. The molecule has 1 saturated heterocycles. The molecule has 1 N–H and O–H groups in total. The second kappa shape index (κ2) is 8.60. The first-order valence-corrected chi connectivity index (χ1v) is 7.43. The highest BCUT2D eigenvalue weighted by molar-refractivity contribution is 5.85. The summed E-state index contributed by atoms with van der Waals surface area (Å²) >= 11 is 0. The van der Waals surface area contributed by atoms with Crippen molar-refractivity contribution in [1.82, 2.24) is 10.2 Å². The Morgan fingerprint density at radius 2 is 1.90 bits per heavy atom. The topological polar surface area (TPSA) is 15.3 Å². The fourth-order valence-electron chi connectivity index (χ4n) is 3.15. The highest BCUT2D eigenvalue weighted by Crippen LogP contribution is 2.33. The maximum atomic E-state index is 14.2. The van der Waals surface area contributed by atoms with E-state index in [0.717, 1.165) is 44.6 Å². The molecule has 1 aliphatic heterocycles. The molecule has 2 atom stereocenters. The molecule has 0 radical (unpaired) electrons. The third-order valence-electron chi connectivity index (χ3n) is 4.05. The molecule has 1 unspecified atom stereocenters. The van der Waals surface area contributed by atoms with Crippen LogP contribution < -0.4 is 5.32 Å². The summed E-state index contributed by atoms with van der Waals surface area (Å²) in [5, 5.41) is 3.37. The number of hydrogen-bond acceptors (Lipinski definition) is 2. The third kappa shape index (κ3) is 4.18. The minimum Gasteiger partial charge on any atom is -0.314 e. The van der Waals surface area contributed by atoms with Crippen molar-refractivity contribution in [3.8, 4) is 0 Å². The number of hydrogen-bond donors (Lipinski definition) is 1. The number of halogens is 2. The second-order valence-corrected chi connectivity index (χ2v) is 5.52. The minimum absolute atomic E-state index is 0. The van der Waals surface area contributed by atoms with Crippen molar-refractivity contribution in [3.05, 3.63) is 35.6 Å². The second-order valence-electron chi connectivity index (χ2n) is 5.52. The molecule has 0 bridgehead atoms. The first-order chi connectivity index (χ1) is 9.24. The Kier molecular flexibility index (Phi) is 7.49. The van der Waals surface area contributed by atoms with Crippen molar-refractivity contribution in [2.24, 2.45) is 5.92 Å². The molecule has 0 aromatic heterocycles. The molecule has 1 fully saturated rings. The molecule has 1 aromatic rings. The number of benzene rings is 1. The van der Waals surface area contributed by atoms with Crippen molar-refractivity contribution >= 4 is 12.4 Å². The van der Waals surface area contributed by atoms with Gasteiger partial charge in [0, 0.05) is 37.8 Å². The highest BCUT2D eigenvalue weighted by Gasteiger charge is 2.28. The highest BCUT2D eigenvalue weighted by atomic mass is 35.5. The molecule has 0 aliphatic carbocycles. The molecule has 2 rings (SSSR count). The lowest BCUT2D eigenvalue weighted by atomic mass is 9.89. The van der Waals surface area contributed by atoms with Crippen LogP contribution in [0.3, 0.4) is 0 Å². The summed E-state index contributed by atoms with van der Waals surface area (Å²) in [7, 11) is 0. The lowest BCUT2D eigenvalue weighted by Gasteiger charge is -2.38. The van der Waals surface area contributed by atoms with Crippen LogP contribution in [0.5, 0.6) is 0 Å². The third-order valence-corrected chi connectivity index (χ3v) is 4.05. The lowest BCUT2D eigenvalue weighted by Crippen LogP contribution is -2.46. The SMILES string of the molecule is CCCC(C)[C@@H](c1ccccc1F)N1CCNCC1.Cl. The van der Waals surface area contributed by atoms with Crippen LogP contribution in [0.4, 0.5) is 4.39 Å². The van der Waals surface area contributed by atoms with Crippen molar-refractivity contribution in [2.45, 2.75) is 32.7 Å². The summed E-state index contributed by atoms with van der Waals surface area (Å²) < 4.78 is 14.2. The van der Waals surface area contributed by atoms with Gasteiger partial charge in [0.2, 0.25) is 0 Å². The molecule has 2 nitrogen and oxygen atoms in total. The molecule has 1 aromatic carbocycles. The number of nitrogens with zero attached hydrogens (tertiary/aromatic N) is 1. The lowest BCUT2D eigenvalue weighted by molar-refractivity contribution is 0.123. The molecule has 0 amide bonds. The largest absolute Gasteiger partial charge is 0.314 e. The van der Waals surface area contributed by atoms with Gasteiger partial charge in [0.25, 0.3) is 0 Å². The first kappa shape index (κ1) is 17.4. The van der Waals surface area contributed by atoms with Crippen LogP contribution in [-0.2, 0) is 0 Å². The van der Waals surface area contributed by atoms with Crippen LogP contribution in [0.25, 0.3) is 0 Å². The Bertz CT molecular complexity index is 394. The predicted molar refractivity (Wildman–Crippen MR) is 84.9 cm³/mol. The molecule has 20 heavy (non-hydrogen) atoms.